The van der Waals surface area contributed by atoms with Crippen LogP contribution in [0.1, 0.15) is 40.0 Å². The fraction of sp³-hybridized carbons (Fsp3) is 0.233. The Balaban J connectivity index is 1.28. The lowest BCUT2D eigenvalue weighted by Gasteiger charge is -2.13. The van der Waals surface area contributed by atoms with Crippen LogP contribution in [-0.4, -0.2) is 52.2 Å². The molecule has 1 aliphatic carbocycles. The number of ketones is 1. The van der Waals surface area contributed by atoms with Gasteiger partial charge in [-0.25, -0.2) is 31.3 Å². The zero-order valence-corrected chi connectivity index (χ0v) is 24.8. The first-order valence-electron chi connectivity index (χ1n) is 13.8. The van der Waals surface area contributed by atoms with Crippen molar-refractivity contribution < 1.29 is 35.9 Å². The number of nitrogens with one attached hydrogen (secondary N) is 2. The molecule has 2 aromatic carbocycles. The molecule has 3 heterocycles. The Kier molecular flexibility index (Phi) is 7.64. The van der Waals surface area contributed by atoms with Crippen molar-refractivity contribution in [3.05, 3.63) is 83.1 Å². The largest absolute Gasteiger partial charge is 0.485 e. The third kappa shape index (κ3) is 6.02. The summed E-state index contributed by atoms with van der Waals surface area (Å²) in [6, 6.07) is 10.4. The topological polar surface area (TPSA) is 154 Å². The number of fused-ring (bicyclic) bond motifs is 1. The van der Waals surface area contributed by atoms with Crippen molar-refractivity contribution in [2.24, 2.45) is 0 Å². The van der Waals surface area contributed by atoms with Crippen LogP contribution in [0.5, 0.6) is 17.4 Å². The molecule has 0 bridgehead atoms. The van der Waals surface area contributed by atoms with Crippen molar-refractivity contribution in [2.45, 2.75) is 38.4 Å². The van der Waals surface area contributed by atoms with E-state index >= 15 is 0 Å². The molecule has 234 valence electrons. The number of benzene rings is 2. The lowest BCUT2D eigenvalue weighted by molar-refractivity contribution is 0.0823. The zero-order valence-electron chi connectivity index (χ0n) is 24.0. The molecule has 0 amide bonds. The Hall–Kier alpha value is -5.05. The normalized spacial score (nSPS) is 13.4. The van der Waals surface area contributed by atoms with E-state index in [0.717, 1.165) is 0 Å². The van der Waals surface area contributed by atoms with Gasteiger partial charge in [-0.3, -0.25) is 9.52 Å². The number of aryl methyl sites for hydroxylation is 2. The highest BCUT2D eigenvalue weighted by Crippen LogP contribution is 2.36. The fourth-order valence-corrected chi connectivity index (χ4v) is 6.16. The SMILES string of the molecule is Cc1cc(Oc2c(C)cccc2F)ncc1-n1ncc(C(=O)c2cc3cc(OCC(F)F)c(NS(=O)(=O)C4CC4)cc3[nH]2)c1N. The van der Waals surface area contributed by atoms with Gasteiger partial charge in [0, 0.05) is 17.0 Å². The third-order valence-electron chi connectivity index (χ3n) is 7.25. The first kappa shape index (κ1) is 30.0. The summed E-state index contributed by atoms with van der Waals surface area (Å²) in [7, 11) is -3.73. The standard InChI is InChI=1S/C30H27F3N6O5S/c1-15-4-3-5-20(31)29(15)44-27-8-16(2)24(13-35-27)39-30(34)19(12-36-39)28(40)23-9-17-10-25(43-14-26(32)33)22(11-21(17)37-23)38-45(41,42)18-6-7-18/h3-5,8-13,18,26,37-38H,6-7,14,34H2,1-2H3. The zero-order chi connectivity index (χ0) is 32.0. The van der Waals surface area contributed by atoms with Gasteiger partial charge in [0.1, 0.15) is 18.2 Å². The number of rotatable bonds is 11. The Labute approximate surface area is 255 Å². The van der Waals surface area contributed by atoms with Crippen LogP contribution < -0.4 is 19.9 Å². The molecule has 0 spiro atoms. The number of hydrogen-bond donors (Lipinski definition) is 3. The van der Waals surface area contributed by atoms with Crippen LogP contribution in [0.3, 0.4) is 0 Å². The number of nitrogens with zero attached hydrogens (tertiary/aromatic N) is 3. The summed E-state index contributed by atoms with van der Waals surface area (Å²) in [5.41, 5.74) is 8.53. The van der Waals surface area contributed by atoms with E-state index in [4.69, 9.17) is 15.2 Å². The maximum Gasteiger partial charge on any atom is 0.272 e. The second-order valence-electron chi connectivity index (χ2n) is 10.6. The monoisotopic (exact) mass is 640 g/mol. The van der Waals surface area contributed by atoms with E-state index in [9.17, 15) is 26.4 Å². The van der Waals surface area contributed by atoms with E-state index in [2.05, 4.69) is 19.8 Å². The van der Waals surface area contributed by atoms with Crippen molar-refractivity contribution >= 4 is 38.2 Å². The molecule has 1 aliphatic rings. The Morgan fingerprint density at radius 2 is 1.93 bits per heavy atom. The second kappa shape index (κ2) is 11.5. The number of nitrogen functional groups attached to an aromatic ring is 1. The molecular formula is C30H27F3N6O5S. The average molecular weight is 641 g/mol. The van der Waals surface area contributed by atoms with Crippen LogP contribution >= 0.6 is 0 Å². The van der Waals surface area contributed by atoms with E-state index in [1.807, 2.05) is 0 Å². The van der Waals surface area contributed by atoms with E-state index in [1.165, 1.54) is 41.3 Å². The molecular weight excluding hydrogens is 613 g/mol. The molecule has 4 N–H and O–H groups in total. The predicted molar refractivity (Wildman–Crippen MR) is 161 cm³/mol. The Bertz CT molecular complexity index is 2040. The number of sulfonamides is 1. The highest BCUT2D eigenvalue weighted by Gasteiger charge is 2.36. The van der Waals surface area contributed by atoms with Crippen molar-refractivity contribution in [1.82, 2.24) is 19.7 Å². The number of ether oxygens (including phenoxy) is 2. The molecule has 15 heteroatoms. The molecule has 0 atom stereocenters. The average Bonchev–Trinajstić information content (AvgIpc) is 3.68. The quantitative estimate of drug-likeness (QED) is 0.156. The van der Waals surface area contributed by atoms with Gasteiger partial charge in [-0.1, -0.05) is 12.1 Å². The van der Waals surface area contributed by atoms with Gasteiger partial charge in [0.2, 0.25) is 21.7 Å². The van der Waals surface area contributed by atoms with Crippen LogP contribution in [0, 0.1) is 19.7 Å². The van der Waals surface area contributed by atoms with Crippen LogP contribution in [-0.2, 0) is 10.0 Å². The minimum atomic E-state index is -3.73. The number of aromatic amines is 1. The van der Waals surface area contributed by atoms with E-state index in [0.29, 0.717) is 40.6 Å². The lowest BCUT2D eigenvalue weighted by atomic mass is 10.1. The number of aromatic nitrogens is 4. The van der Waals surface area contributed by atoms with Gasteiger partial charge in [-0.15, -0.1) is 0 Å². The summed E-state index contributed by atoms with van der Waals surface area (Å²) in [4.78, 5) is 20.7. The molecule has 0 saturated heterocycles. The number of halogens is 3. The maximum atomic E-state index is 14.2. The summed E-state index contributed by atoms with van der Waals surface area (Å²) < 4.78 is 79.8. The van der Waals surface area contributed by atoms with Gasteiger partial charge in [0.05, 0.1) is 40.3 Å². The molecule has 1 fully saturated rings. The summed E-state index contributed by atoms with van der Waals surface area (Å²) in [6.07, 6.45) is 0.952. The number of H-pyrrole nitrogens is 1. The molecule has 11 nitrogen and oxygen atoms in total. The maximum absolute atomic E-state index is 14.2. The first-order chi connectivity index (χ1) is 21.4. The van der Waals surface area contributed by atoms with E-state index in [-0.39, 0.29) is 40.1 Å². The number of anilines is 2. The lowest BCUT2D eigenvalue weighted by Crippen LogP contribution is -2.18. The van der Waals surface area contributed by atoms with Crippen LogP contribution in [0.25, 0.3) is 16.6 Å². The summed E-state index contributed by atoms with van der Waals surface area (Å²) in [5.74, 6) is -0.922. The summed E-state index contributed by atoms with van der Waals surface area (Å²) >= 11 is 0. The Morgan fingerprint density at radius 1 is 1.16 bits per heavy atom. The first-order valence-corrected chi connectivity index (χ1v) is 15.3. The van der Waals surface area contributed by atoms with Gasteiger partial charge in [0.15, 0.2) is 11.6 Å². The summed E-state index contributed by atoms with van der Waals surface area (Å²) in [6.45, 7) is 2.52. The van der Waals surface area contributed by atoms with Crippen molar-refractivity contribution in [3.8, 4) is 23.1 Å². The number of carbonyl (C=O) groups is 1. The number of pyridine rings is 1. The molecule has 0 aliphatic heterocycles. The van der Waals surface area contributed by atoms with Crippen molar-refractivity contribution in [2.75, 3.05) is 17.1 Å². The predicted octanol–water partition coefficient (Wildman–Crippen LogP) is 5.66. The highest BCUT2D eigenvalue weighted by atomic mass is 32.2. The highest BCUT2D eigenvalue weighted by molar-refractivity contribution is 7.93. The van der Waals surface area contributed by atoms with E-state index < -0.39 is 39.9 Å². The molecule has 0 radical (unpaired) electrons. The minimum Gasteiger partial charge on any atom is -0.485 e. The molecule has 3 aromatic heterocycles. The number of alkyl halides is 2. The second-order valence-corrected chi connectivity index (χ2v) is 12.6. The third-order valence-corrected chi connectivity index (χ3v) is 9.11. The fourth-order valence-electron chi connectivity index (χ4n) is 4.77. The molecule has 5 aromatic rings. The van der Waals surface area contributed by atoms with E-state index in [1.54, 1.807) is 32.0 Å². The van der Waals surface area contributed by atoms with Gasteiger partial charge in [-0.05, 0) is 62.1 Å². The van der Waals surface area contributed by atoms with Gasteiger partial charge in [-0.2, -0.15) is 5.10 Å². The smallest absolute Gasteiger partial charge is 0.272 e. The number of carbonyl (C=O) groups excluding carboxylic acids is 1. The van der Waals surface area contributed by atoms with Crippen LogP contribution in [0.4, 0.5) is 24.7 Å². The van der Waals surface area contributed by atoms with Gasteiger partial charge >= 0.3 is 0 Å². The van der Waals surface area contributed by atoms with Gasteiger partial charge < -0.3 is 20.2 Å². The summed E-state index contributed by atoms with van der Waals surface area (Å²) in [5, 5.41) is 4.13. The number of hydrogen-bond acceptors (Lipinski definition) is 8. The minimum absolute atomic E-state index is 0.0148. The molecule has 6 rings (SSSR count). The Morgan fingerprint density at radius 3 is 2.62 bits per heavy atom. The van der Waals surface area contributed by atoms with Crippen molar-refractivity contribution in [3.63, 3.8) is 0 Å². The van der Waals surface area contributed by atoms with Crippen molar-refractivity contribution in [1.29, 1.82) is 0 Å². The van der Waals surface area contributed by atoms with Gasteiger partial charge in [0.25, 0.3) is 6.43 Å². The molecule has 1 saturated carbocycles. The number of nitrogens with two attached hydrogens (primary N) is 1. The molecule has 0 unspecified atom stereocenters. The van der Waals surface area contributed by atoms with Crippen LogP contribution in [0.15, 0.2) is 54.9 Å². The number of para-hydroxylation sites is 1. The molecule has 45 heavy (non-hydrogen) atoms. The van der Waals surface area contributed by atoms with Crippen LogP contribution in [0.2, 0.25) is 0 Å².